The van der Waals surface area contributed by atoms with Crippen molar-refractivity contribution in [2.45, 2.75) is 6.92 Å². The van der Waals surface area contributed by atoms with Gasteiger partial charge in [-0.15, -0.1) is 0 Å². The van der Waals surface area contributed by atoms with Crippen LogP contribution in [0.25, 0.3) is 22.3 Å². The number of hydrogen-bond acceptors (Lipinski definition) is 0. The van der Waals surface area contributed by atoms with E-state index in [1.54, 1.807) is 0 Å². The molecule has 0 spiro atoms. The molecule has 0 aliphatic heterocycles. The fourth-order valence-corrected chi connectivity index (χ4v) is 2.65. The zero-order chi connectivity index (χ0) is 13.9. The summed E-state index contributed by atoms with van der Waals surface area (Å²) in [6, 6.07) is 25.1. The summed E-state index contributed by atoms with van der Waals surface area (Å²) in [6.45, 7) is 2.09. The van der Waals surface area contributed by atoms with Gasteiger partial charge in [-0.05, 0) is 46.9 Å². The number of benzene rings is 3. The molecule has 3 aromatic rings. The Morgan fingerprint density at radius 2 is 1.25 bits per heavy atom. The lowest BCUT2D eigenvalue weighted by atomic mass is 9.98. The third-order valence-corrected chi connectivity index (χ3v) is 3.73. The van der Waals surface area contributed by atoms with Crippen LogP contribution in [0.1, 0.15) is 5.56 Å². The molecule has 0 amide bonds. The van der Waals surface area contributed by atoms with Crippen LogP contribution in [0, 0.1) is 6.92 Å². The van der Waals surface area contributed by atoms with E-state index in [0.717, 1.165) is 5.02 Å². The molecule has 0 aliphatic carbocycles. The molecule has 0 aromatic heterocycles. The third-order valence-electron chi connectivity index (χ3n) is 3.49. The fourth-order valence-electron chi connectivity index (χ4n) is 2.42. The first-order chi connectivity index (χ1) is 9.74. The highest BCUT2D eigenvalue weighted by molar-refractivity contribution is 6.30. The molecule has 0 fully saturated rings. The lowest BCUT2D eigenvalue weighted by Crippen LogP contribution is -1.84. The van der Waals surface area contributed by atoms with Crippen molar-refractivity contribution in [2.24, 2.45) is 0 Å². The molecule has 3 aromatic carbocycles. The predicted octanol–water partition coefficient (Wildman–Crippen LogP) is 5.98. The van der Waals surface area contributed by atoms with Crippen LogP contribution < -0.4 is 0 Å². The summed E-state index contributed by atoms with van der Waals surface area (Å²) in [5.74, 6) is 0. The van der Waals surface area contributed by atoms with Gasteiger partial charge >= 0.3 is 0 Å². The van der Waals surface area contributed by atoms with Gasteiger partial charge in [0.15, 0.2) is 0 Å². The Bertz CT molecular complexity index is 713. The lowest BCUT2D eigenvalue weighted by Gasteiger charge is -2.08. The topological polar surface area (TPSA) is 0 Å². The summed E-state index contributed by atoms with van der Waals surface area (Å²) < 4.78 is 0. The fraction of sp³-hybridized carbons (Fsp3) is 0.0526. The molecule has 20 heavy (non-hydrogen) atoms. The van der Waals surface area contributed by atoms with E-state index in [0.29, 0.717) is 0 Å². The first-order valence-corrected chi connectivity index (χ1v) is 7.04. The van der Waals surface area contributed by atoms with Crippen LogP contribution in [0.15, 0.2) is 72.8 Å². The second kappa shape index (κ2) is 5.52. The molecule has 0 aliphatic rings. The van der Waals surface area contributed by atoms with Gasteiger partial charge in [0.25, 0.3) is 0 Å². The van der Waals surface area contributed by atoms with Crippen molar-refractivity contribution >= 4 is 11.6 Å². The van der Waals surface area contributed by atoms with E-state index in [1.807, 2.05) is 18.2 Å². The van der Waals surface area contributed by atoms with Crippen molar-refractivity contribution in [1.29, 1.82) is 0 Å². The molecule has 0 bridgehead atoms. The number of hydrogen-bond donors (Lipinski definition) is 0. The first-order valence-electron chi connectivity index (χ1n) is 6.66. The Hall–Kier alpha value is -2.05. The highest BCUT2D eigenvalue weighted by atomic mass is 35.5. The van der Waals surface area contributed by atoms with Crippen molar-refractivity contribution in [1.82, 2.24) is 0 Å². The molecule has 98 valence electrons. The highest BCUT2D eigenvalue weighted by Crippen LogP contribution is 2.28. The summed E-state index contributed by atoms with van der Waals surface area (Å²) in [6.07, 6.45) is 0. The maximum absolute atomic E-state index is 6.01. The van der Waals surface area contributed by atoms with Crippen LogP contribution in [0.2, 0.25) is 5.02 Å². The van der Waals surface area contributed by atoms with E-state index in [4.69, 9.17) is 11.6 Å². The SMILES string of the molecule is Cc1cc(Cl)ccc1-c1ccc(-c2ccccc2)cc1. The largest absolute Gasteiger partial charge is 0.0843 e. The molecule has 0 nitrogen and oxygen atoms in total. The Morgan fingerprint density at radius 3 is 1.90 bits per heavy atom. The standard InChI is InChI=1S/C19H15Cl/c1-14-13-18(20)11-12-19(14)17-9-7-16(8-10-17)15-5-3-2-4-6-15/h2-13H,1H3. The highest BCUT2D eigenvalue weighted by Gasteiger charge is 2.03. The van der Waals surface area contributed by atoms with Crippen LogP contribution in [-0.4, -0.2) is 0 Å². The molecular weight excluding hydrogens is 264 g/mol. The van der Waals surface area contributed by atoms with Crippen LogP contribution in [0.4, 0.5) is 0 Å². The Labute approximate surface area is 124 Å². The predicted molar refractivity (Wildman–Crippen MR) is 87.1 cm³/mol. The van der Waals surface area contributed by atoms with Crippen LogP contribution in [-0.2, 0) is 0 Å². The Balaban J connectivity index is 1.97. The van der Waals surface area contributed by atoms with Gasteiger partial charge in [-0.1, -0.05) is 72.3 Å². The monoisotopic (exact) mass is 278 g/mol. The molecule has 0 N–H and O–H groups in total. The van der Waals surface area contributed by atoms with E-state index in [2.05, 4.69) is 61.5 Å². The molecule has 0 heterocycles. The minimum atomic E-state index is 0.784. The van der Waals surface area contributed by atoms with Gasteiger partial charge in [-0.2, -0.15) is 0 Å². The molecule has 1 heteroatoms. The van der Waals surface area contributed by atoms with Crippen LogP contribution in [0.5, 0.6) is 0 Å². The van der Waals surface area contributed by atoms with Gasteiger partial charge in [0, 0.05) is 5.02 Å². The minimum absolute atomic E-state index is 0.784. The Kier molecular flexibility index (Phi) is 3.58. The van der Waals surface area contributed by atoms with Crippen molar-refractivity contribution in [3.8, 4) is 22.3 Å². The number of halogens is 1. The summed E-state index contributed by atoms with van der Waals surface area (Å²) in [4.78, 5) is 0. The second-order valence-electron chi connectivity index (χ2n) is 4.90. The third kappa shape index (κ3) is 2.61. The average molecular weight is 279 g/mol. The molecule has 3 rings (SSSR count). The van der Waals surface area contributed by atoms with Crippen LogP contribution in [0.3, 0.4) is 0 Å². The maximum atomic E-state index is 6.01. The molecule has 0 atom stereocenters. The van der Waals surface area contributed by atoms with Gasteiger partial charge in [0.2, 0.25) is 0 Å². The van der Waals surface area contributed by atoms with E-state index in [9.17, 15) is 0 Å². The summed E-state index contributed by atoms with van der Waals surface area (Å²) in [5.41, 5.74) is 6.13. The summed E-state index contributed by atoms with van der Waals surface area (Å²) in [5, 5.41) is 0.784. The number of aryl methyl sites for hydroxylation is 1. The first kappa shape index (κ1) is 13.0. The van der Waals surface area contributed by atoms with Crippen molar-refractivity contribution in [3.63, 3.8) is 0 Å². The summed E-state index contributed by atoms with van der Waals surface area (Å²) in [7, 11) is 0. The van der Waals surface area contributed by atoms with Gasteiger partial charge in [0.1, 0.15) is 0 Å². The molecule has 0 radical (unpaired) electrons. The van der Waals surface area contributed by atoms with E-state index >= 15 is 0 Å². The van der Waals surface area contributed by atoms with Crippen molar-refractivity contribution < 1.29 is 0 Å². The normalized spacial score (nSPS) is 10.5. The number of rotatable bonds is 2. The second-order valence-corrected chi connectivity index (χ2v) is 5.34. The van der Waals surface area contributed by atoms with Gasteiger partial charge in [-0.3, -0.25) is 0 Å². The lowest BCUT2D eigenvalue weighted by molar-refractivity contribution is 1.46. The van der Waals surface area contributed by atoms with Gasteiger partial charge < -0.3 is 0 Å². The van der Waals surface area contributed by atoms with E-state index in [-0.39, 0.29) is 0 Å². The van der Waals surface area contributed by atoms with Gasteiger partial charge in [0.05, 0.1) is 0 Å². The molecule has 0 saturated heterocycles. The molecular formula is C19H15Cl. The van der Waals surface area contributed by atoms with Crippen molar-refractivity contribution in [3.05, 3.63) is 83.4 Å². The Morgan fingerprint density at radius 1 is 0.650 bits per heavy atom. The minimum Gasteiger partial charge on any atom is -0.0843 e. The zero-order valence-electron chi connectivity index (χ0n) is 11.3. The van der Waals surface area contributed by atoms with Crippen molar-refractivity contribution in [2.75, 3.05) is 0 Å². The van der Waals surface area contributed by atoms with Crippen LogP contribution >= 0.6 is 11.6 Å². The maximum Gasteiger partial charge on any atom is 0.0409 e. The van der Waals surface area contributed by atoms with E-state index < -0.39 is 0 Å². The van der Waals surface area contributed by atoms with Gasteiger partial charge in [-0.25, -0.2) is 0 Å². The average Bonchev–Trinajstić information content (AvgIpc) is 2.48. The molecule has 0 saturated carbocycles. The smallest absolute Gasteiger partial charge is 0.0409 e. The molecule has 0 unspecified atom stereocenters. The summed E-state index contributed by atoms with van der Waals surface area (Å²) >= 11 is 6.01. The zero-order valence-corrected chi connectivity index (χ0v) is 12.1. The quantitative estimate of drug-likeness (QED) is 0.541. The van der Waals surface area contributed by atoms with E-state index in [1.165, 1.54) is 27.8 Å².